The van der Waals surface area contributed by atoms with Gasteiger partial charge in [0.15, 0.2) is 0 Å². The third-order valence-electron chi connectivity index (χ3n) is 2.79. The number of rotatable bonds is 3. The predicted molar refractivity (Wildman–Crippen MR) is 57.6 cm³/mol. The highest BCUT2D eigenvalue weighted by Crippen LogP contribution is 2.19. The Balaban J connectivity index is 2.06. The highest BCUT2D eigenvalue weighted by atomic mass is 16.7. The number of hydrogen-bond donors (Lipinski definition) is 1. The van der Waals surface area contributed by atoms with Gasteiger partial charge in [-0.25, -0.2) is 4.79 Å². The minimum atomic E-state index is -1.05. The average Bonchev–Trinajstić information content (AvgIpc) is 2.84. The number of carbonyl (C=O) groups excluding carboxylic acids is 5. The van der Waals surface area contributed by atoms with Crippen LogP contribution in [0.2, 0.25) is 0 Å². The standard InChI is InChI=1S/C11H10N2O6/c1-5(6-4-7(14)12-10(6)17)11(18)19-13-8(15)2-3-9(13)16/h4-5H,2-3H2,1H3,(H,12,14,17). The Hall–Kier alpha value is -2.51. The van der Waals surface area contributed by atoms with Gasteiger partial charge >= 0.3 is 5.97 Å². The molecule has 0 aromatic carbocycles. The molecule has 19 heavy (non-hydrogen) atoms. The fraction of sp³-hybridized carbons (Fsp3) is 0.364. The van der Waals surface area contributed by atoms with E-state index < -0.39 is 35.5 Å². The molecule has 0 aromatic heterocycles. The highest BCUT2D eigenvalue weighted by Gasteiger charge is 2.36. The van der Waals surface area contributed by atoms with Gasteiger partial charge < -0.3 is 4.84 Å². The predicted octanol–water partition coefficient (Wildman–Crippen LogP) is -1.19. The summed E-state index contributed by atoms with van der Waals surface area (Å²) in [6.07, 6.45) is 0.964. The van der Waals surface area contributed by atoms with Crippen molar-refractivity contribution in [2.24, 2.45) is 5.92 Å². The number of nitrogens with one attached hydrogen (secondary N) is 1. The maximum Gasteiger partial charge on any atom is 0.340 e. The largest absolute Gasteiger partial charge is 0.340 e. The van der Waals surface area contributed by atoms with Gasteiger partial charge in [-0.15, -0.1) is 5.06 Å². The topological polar surface area (TPSA) is 110 Å². The summed E-state index contributed by atoms with van der Waals surface area (Å²) in [6.45, 7) is 1.34. The SMILES string of the molecule is CC(C(=O)ON1C(=O)CCC1=O)C1=CC(=O)NC1=O. The van der Waals surface area contributed by atoms with Crippen LogP contribution in [0.25, 0.3) is 0 Å². The summed E-state index contributed by atoms with van der Waals surface area (Å²) in [5.41, 5.74) is -0.0610. The maximum absolute atomic E-state index is 11.7. The zero-order valence-corrected chi connectivity index (χ0v) is 9.97. The number of amides is 4. The fourth-order valence-corrected chi connectivity index (χ4v) is 1.70. The zero-order chi connectivity index (χ0) is 14.2. The Labute approximate surface area is 107 Å². The molecule has 1 N–H and O–H groups in total. The smallest absolute Gasteiger partial charge is 0.330 e. The molecule has 100 valence electrons. The van der Waals surface area contributed by atoms with E-state index in [0.29, 0.717) is 5.06 Å². The van der Waals surface area contributed by atoms with Gasteiger partial charge in [0, 0.05) is 24.5 Å². The molecule has 0 spiro atoms. The molecule has 2 aliphatic rings. The first-order valence-corrected chi connectivity index (χ1v) is 5.54. The number of nitrogens with zero attached hydrogens (tertiary/aromatic N) is 1. The van der Waals surface area contributed by atoms with Crippen molar-refractivity contribution < 1.29 is 28.8 Å². The van der Waals surface area contributed by atoms with Crippen molar-refractivity contribution in [1.82, 2.24) is 10.4 Å². The molecule has 2 rings (SSSR count). The van der Waals surface area contributed by atoms with Gasteiger partial charge in [-0.2, -0.15) is 0 Å². The Bertz CT molecular complexity index is 519. The van der Waals surface area contributed by atoms with Crippen molar-refractivity contribution in [3.05, 3.63) is 11.6 Å². The van der Waals surface area contributed by atoms with Gasteiger partial charge in [0.25, 0.3) is 23.6 Å². The summed E-state index contributed by atoms with van der Waals surface area (Å²) < 4.78 is 0. The Morgan fingerprint density at radius 3 is 2.32 bits per heavy atom. The quantitative estimate of drug-likeness (QED) is 0.643. The summed E-state index contributed by atoms with van der Waals surface area (Å²) >= 11 is 0. The molecule has 2 heterocycles. The monoisotopic (exact) mass is 266 g/mol. The third-order valence-corrected chi connectivity index (χ3v) is 2.79. The lowest BCUT2D eigenvalue weighted by atomic mass is 10.0. The summed E-state index contributed by atoms with van der Waals surface area (Å²) in [5.74, 6) is -4.51. The number of hydrogen-bond acceptors (Lipinski definition) is 6. The molecule has 8 heteroatoms. The van der Waals surface area contributed by atoms with E-state index in [0.717, 1.165) is 6.08 Å². The van der Waals surface area contributed by atoms with Crippen molar-refractivity contribution >= 4 is 29.6 Å². The van der Waals surface area contributed by atoms with E-state index in [1.165, 1.54) is 6.92 Å². The Morgan fingerprint density at radius 1 is 1.26 bits per heavy atom. The molecule has 1 atom stereocenters. The first-order chi connectivity index (χ1) is 8.90. The molecule has 0 aliphatic carbocycles. The van der Waals surface area contributed by atoms with E-state index in [2.05, 4.69) is 4.84 Å². The van der Waals surface area contributed by atoms with Crippen LogP contribution in [0.4, 0.5) is 0 Å². The molecule has 0 radical (unpaired) electrons. The molecule has 1 fully saturated rings. The van der Waals surface area contributed by atoms with E-state index in [1.54, 1.807) is 0 Å². The average molecular weight is 266 g/mol. The molecule has 0 saturated carbocycles. The minimum absolute atomic E-state index is 0.0117. The van der Waals surface area contributed by atoms with Crippen molar-refractivity contribution in [1.29, 1.82) is 0 Å². The molecule has 0 bridgehead atoms. The minimum Gasteiger partial charge on any atom is -0.330 e. The lowest BCUT2D eigenvalue weighted by Crippen LogP contribution is -2.35. The van der Waals surface area contributed by atoms with E-state index in [9.17, 15) is 24.0 Å². The first kappa shape index (κ1) is 12.9. The molecule has 2 aliphatic heterocycles. The van der Waals surface area contributed by atoms with E-state index in [-0.39, 0.29) is 18.4 Å². The summed E-state index contributed by atoms with van der Waals surface area (Å²) in [7, 11) is 0. The van der Waals surface area contributed by atoms with Crippen LogP contribution >= 0.6 is 0 Å². The van der Waals surface area contributed by atoms with Crippen molar-refractivity contribution in [2.45, 2.75) is 19.8 Å². The molecule has 1 unspecified atom stereocenters. The van der Waals surface area contributed by atoms with Gasteiger partial charge in [0.2, 0.25) is 0 Å². The van der Waals surface area contributed by atoms with Crippen LogP contribution in [0.5, 0.6) is 0 Å². The van der Waals surface area contributed by atoms with E-state index in [1.807, 2.05) is 5.32 Å². The van der Waals surface area contributed by atoms with Crippen LogP contribution in [-0.4, -0.2) is 34.7 Å². The molecule has 1 saturated heterocycles. The molecule has 0 aromatic rings. The first-order valence-electron chi connectivity index (χ1n) is 5.54. The number of hydroxylamine groups is 2. The van der Waals surface area contributed by atoms with Crippen LogP contribution < -0.4 is 5.32 Å². The van der Waals surface area contributed by atoms with Crippen LogP contribution in [0.3, 0.4) is 0 Å². The van der Waals surface area contributed by atoms with Crippen LogP contribution in [0.1, 0.15) is 19.8 Å². The Kier molecular flexibility index (Phi) is 3.16. The number of carbonyl (C=O) groups is 5. The van der Waals surface area contributed by atoms with Crippen LogP contribution in [0, 0.1) is 5.92 Å². The van der Waals surface area contributed by atoms with E-state index in [4.69, 9.17) is 0 Å². The summed E-state index contributed by atoms with van der Waals surface area (Å²) in [6, 6.07) is 0. The molecule has 4 amide bonds. The Morgan fingerprint density at radius 2 is 1.84 bits per heavy atom. The summed E-state index contributed by atoms with van der Waals surface area (Å²) in [5, 5.41) is 2.39. The second-order valence-corrected chi connectivity index (χ2v) is 4.13. The number of imide groups is 2. The molecule has 8 nitrogen and oxygen atoms in total. The fourth-order valence-electron chi connectivity index (χ4n) is 1.70. The lowest BCUT2D eigenvalue weighted by molar-refractivity contribution is -0.199. The second-order valence-electron chi connectivity index (χ2n) is 4.13. The second kappa shape index (κ2) is 4.63. The van der Waals surface area contributed by atoms with Crippen molar-refractivity contribution in [3.63, 3.8) is 0 Å². The van der Waals surface area contributed by atoms with Gasteiger partial charge in [0.05, 0.1) is 5.92 Å². The van der Waals surface area contributed by atoms with Crippen LogP contribution in [0.15, 0.2) is 11.6 Å². The third kappa shape index (κ3) is 2.37. The normalized spacial score (nSPS) is 20.5. The van der Waals surface area contributed by atoms with Gasteiger partial charge in [-0.1, -0.05) is 0 Å². The summed E-state index contributed by atoms with van der Waals surface area (Å²) in [4.78, 5) is 61.2. The lowest BCUT2D eigenvalue weighted by Gasteiger charge is -2.16. The van der Waals surface area contributed by atoms with Crippen molar-refractivity contribution in [3.8, 4) is 0 Å². The maximum atomic E-state index is 11.7. The zero-order valence-electron chi connectivity index (χ0n) is 9.97. The van der Waals surface area contributed by atoms with Gasteiger partial charge in [0.1, 0.15) is 0 Å². The van der Waals surface area contributed by atoms with Crippen LogP contribution in [-0.2, 0) is 28.8 Å². The highest BCUT2D eigenvalue weighted by molar-refractivity contribution is 6.18. The van der Waals surface area contributed by atoms with Crippen molar-refractivity contribution in [2.75, 3.05) is 0 Å². The van der Waals surface area contributed by atoms with Gasteiger partial charge in [-0.05, 0) is 6.92 Å². The van der Waals surface area contributed by atoms with Gasteiger partial charge in [-0.3, -0.25) is 24.5 Å². The van der Waals surface area contributed by atoms with E-state index >= 15 is 0 Å². The molecular weight excluding hydrogens is 256 g/mol. The molecular formula is C11H10N2O6.